The molecule has 0 heterocycles. The predicted molar refractivity (Wildman–Crippen MR) is 98.8 cm³/mol. The fraction of sp³-hybridized carbons (Fsp3) is 0.579. The predicted octanol–water partition coefficient (Wildman–Crippen LogP) is 3.11. The van der Waals surface area contributed by atoms with Crippen LogP contribution in [0.25, 0.3) is 0 Å². The first-order valence-electron chi connectivity index (χ1n) is 8.93. The van der Waals surface area contributed by atoms with E-state index in [1.54, 1.807) is 19.9 Å². The van der Waals surface area contributed by atoms with Crippen LogP contribution in [-0.4, -0.2) is 40.2 Å². The number of amides is 1. The molecule has 1 aromatic carbocycles. The van der Waals surface area contributed by atoms with E-state index in [0.717, 1.165) is 0 Å². The number of ether oxygens (including phenoxy) is 1. The van der Waals surface area contributed by atoms with Crippen molar-refractivity contribution < 1.29 is 24.4 Å². The molecule has 1 aromatic rings. The van der Waals surface area contributed by atoms with Crippen molar-refractivity contribution >= 4 is 17.6 Å². The third kappa shape index (κ3) is 3.41. The molecule has 1 saturated carbocycles. The van der Waals surface area contributed by atoms with Crippen molar-refractivity contribution in [2.24, 2.45) is 5.41 Å². The van der Waals surface area contributed by atoms with E-state index < -0.39 is 27.8 Å². The number of benzene rings is 1. The number of nitrogens with one attached hydrogen (secondary N) is 1. The van der Waals surface area contributed by atoms with Gasteiger partial charge >= 0.3 is 5.97 Å². The van der Waals surface area contributed by atoms with Crippen LogP contribution in [0.1, 0.15) is 62.9 Å². The molecule has 1 aliphatic rings. The number of carboxylic acids is 1. The highest BCUT2D eigenvalue weighted by atomic mass is 16.6. The van der Waals surface area contributed by atoms with Gasteiger partial charge in [-0.25, -0.2) is 4.79 Å². The molecule has 2 rings (SSSR count). The zero-order chi connectivity index (χ0) is 20.6. The van der Waals surface area contributed by atoms with E-state index in [1.165, 1.54) is 12.1 Å². The highest BCUT2D eigenvalue weighted by Crippen LogP contribution is 2.51. The van der Waals surface area contributed by atoms with Crippen molar-refractivity contribution in [3.63, 3.8) is 0 Å². The van der Waals surface area contributed by atoms with Crippen LogP contribution in [0.4, 0.5) is 5.69 Å². The lowest BCUT2D eigenvalue weighted by Gasteiger charge is -2.58. The van der Waals surface area contributed by atoms with Crippen LogP contribution in [0.15, 0.2) is 18.2 Å². The highest BCUT2D eigenvalue weighted by Gasteiger charge is 2.66. The van der Waals surface area contributed by atoms with Gasteiger partial charge in [-0.15, -0.1) is 0 Å². The van der Waals surface area contributed by atoms with Crippen molar-refractivity contribution in [2.45, 2.75) is 58.6 Å². The number of nitro groups is 1. The van der Waals surface area contributed by atoms with Crippen molar-refractivity contribution in [3.8, 4) is 0 Å². The molecule has 148 valence electrons. The van der Waals surface area contributed by atoms with Gasteiger partial charge in [0.2, 0.25) is 0 Å². The maximum Gasteiger partial charge on any atom is 0.330 e. The van der Waals surface area contributed by atoms with Gasteiger partial charge in [0.15, 0.2) is 0 Å². The zero-order valence-electron chi connectivity index (χ0n) is 16.2. The summed E-state index contributed by atoms with van der Waals surface area (Å²) >= 11 is 0. The maximum atomic E-state index is 12.7. The minimum Gasteiger partial charge on any atom is -0.479 e. The summed E-state index contributed by atoms with van der Waals surface area (Å²) in [6.07, 6.45) is -0.155. The Labute approximate surface area is 158 Å². The number of carbonyl (C=O) groups excluding carboxylic acids is 1. The Morgan fingerprint density at radius 3 is 2.48 bits per heavy atom. The highest BCUT2D eigenvalue weighted by molar-refractivity contribution is 5.99. The second-order valence-corrected chi connectivity index (χ2v) is 7.72. The molecule has 8 heteroatoms. The van der Waals surface area contributed by atoms with Gasteiger partial charge in [-0.2, -0.15) is 0 Å². The number of aliphatic carboxylic acids is 1. The van der Waals surface area contributed by atoms with Gasteiger partial charge in [-0.1, -0.05) is 33.8 Å². The van der Waals surface area contributed by atoms with E-state index in [4.69, 9.17) is 4.74 Å². The Kier molecular flexibility index (Phi) is 5.60. The number of rotatable bonds is 7. The van der Waals surface area contributed by atoms with Gasteiger partial charge in [0.1, 0.15) is 5.54 Å². The van der Waals surface area contributed by atoms with Crippen LogP contribution in [0.5, 0.6) is 0 Å². The van der Waals surface area contributed by atoms with Gasteiger partial charge in [0, 0.05) is 35.6 Å². The second kappa shape index (κ2) is 7.26. The van der Waals surface area contributed by atoms with E-state index in [-0.39, 0.29) is 29.7 Å². The lowest BCUT2D eigenvalue weighted by molar-refractivity contribution is -0.385. The Morgan fingerprint density at radius 2 is 2.04 bits per heavy atom. The minimum absolute atomic E-state index is 0.0578. The fourth-order valence-corrected chi connectivity index (χ4v) is 3.63. The van der Waals surface area contributed by atoms with E-state index in [0.29, 0.717) is 12.2 Å². The molecule has 2 unspecified atom stereocenters. The number of carboxylic acid groups (broad SMARTS) is 1. The first kappa shape index (κ1) is 20.8. The molecule has 0 bridgehead atoms. The Balaban J connectivity index is 2.34. The van der Waals surface area contributed by atoms with Gasteiger partial charge in [0.25, 0.3) is 11.6 Å². The topological polar surface area (TPSA) is 119 Å². The third-order valence-corrected chi connectivity index (χ3v) is 5.57. The van der Waals surface area contributed by atoms with Crippen molar-refractivity contribution in [2.75, 3.05) is 6.61 Å². The normalized spacial score (nSPS) is 23.6. The molecule has 0 radical (unpaired) electrons. The zero-order valence-corrected chi connectivity index (χ0v) is 16.2. The molecule has 1 fully saturated rings. The molecule has 2 N–H and O–H groups in total. The van der Waals surface area contributed by atoms with Gasteiger partial charge < -0.3 is 15.2 Å². The number of nitro benzene ring substituents is 1. The Bertz CT molecular complexity index is 773. The quantitative estimate of drug-likeness (QED) is 0.556. The summed E-state index contributed by atoms with van der Waals surface area (Å²) in [5, 5.41) is 23.7. The van der Waals surface area contributed by atoms with Crippen molar-refractivity contribution in [1.29, 1.82) is 0 Å². The minimum atomic E-state index is -1.49. The largest absolute Gasteiger partial charge is 0.479 e. The Hall–Kier alpha value is -2.48. The van der Waals surface area contributed by atoms with E-state index in [1.807, 2.05) is 20.8 Å². The first-order chi connectivity index (χ1) is 12.5. The van der Waals surface area contributed by atoms with E-state index in [9.17, 15) is 24.8 Å². The molecular formula is C19H26N2O6. The number of carbonyl (C=O) groups is 2. The lowest BCUT2D eigenvalue weighted by Crippen LogP contribution is -2.76. The smallest absolute Gasteiger partial charge is 0.330 e. The summed E-state index contributed by atoms with van der Waals surface area (Å²) in [7, 11) is 0. The van der Waals surface area contributed by atoms with Crippen LogP contribution in [0.2, 0.25) is 0 Å². The third-order valence-electron chi connectivity index (χ3n) is 5.57. The average molecular weight is 378 g/mol. The van der Waals surface area contributed by atoms with E-state index >= 15 is 0 Å². The van der Waals surface area contributed by atoms with Crippen molar-refractivity contribution in [1.82, 2.24) is 5.32 Å². The summed E-state index contributed by atoms with van der Waals surface area (Å²) in [5.41, 5.74) is -1.89. The average Bonchev–Trinajstić information content (AvgIpc) is 2.59. The SMILES string of the molecule is CCOC1CC(NC(=O)c2ccc(C(C)C)c([N+](=O)[O-])c2)(C(=O)O)C1(C)C. The molecule has 0 aliphatic heterocycles. The number of nitrogens with zero attached hydrogens (tertiary/aromatic N) is 1. The van der Waals surface area contributed by atoms with Gasteiger partial charge in [0.05, 0.1) is 11.0 Å². The maximum absolute atomic E-state index is 12.7. The summed E-state index contributed by atoms with van der Waals surface area (Å²) in [4.78, 5) is 35.5. The van der Waals surface area contributed by atoms with Crippen LogP contribution in [0, 0.1) is 15.5 Å². The molecular weight excluding hydrogens is 352 g/mol. The summed E-state index contributed by atoms with van der Waals surface area (Å²) in [6.45, 7) is 9.38. The molecule has 8 nitrogen and oxygen atoms in total. The lowest BCUT2D eigenvalue weighted by atomic mass is 9.54. The number of hydrogen-bond acceptors (Lipinski definition) is 5. The molecule has 2 atom stereocenters. The van der Waals surface area contributed by atoms with Crippen LogP contribution >= 0.6 is 0 Å². The number of hydrogen-bond donors (Lipinski definition) is 2. The van der Waals surface area contributed by atoms with Crippen molar-refractivity contribution in [3.05, 3.63) is 39.4 Å². The molecule has 0 aromatic heterocycles. The van der Waals surface area contributed by atoms with Crippen LogP contribution in [0.3, 0.4) is 0 Å². The van der Waals surface area contributed by atoms with Gasteiger partial charge in [-0.3, -0.25) is 14.9 Å². The summed E-state index contributed by atoms with van der Waals surface area (Å²) in [6, 6.07) is 4.23. The molecule has 1 amide bonds. The molecule has 0 saturated heterocycles. The standard InChI is InChI=1S/C19H26N2O6/c1-6-27-15-10-19(17(23)24,18(15,4)5)20-16(22)12-7-8-13(11(2)3)14(9-12)21(25)26/h7-9,11,15H,6,10H2,1-5H3,(H,20,22)(H,23,24). The van der Waals surface area contributed by atoms with Crippen LogP contribution < -0.4 is 5.32 Å². The molecule has 1 aliphatic carbocycles. The second-order valence-electron chi connectivity index (χ2n) is 7.72. The fourth-order valence-electron chi connectivity index (χ4n) is 3.63. The summed E-state index contributed by atoms with van der Waals surface area (Å²) in [5.74, 6) is -1.88. The molecule has 0 spiro atoms. The van der Waals surface area contributed by atoms with Gasteiger partial charge in [-0.05, 0) is 18.9 Å². The van der Waals surface area contributed by atoms with E-state index in [2.05, 4.69) is 5.32 Å². The Morgan fingerprint density at radius 1 is 1.41 bits per heavy atom. The molecule has 27 heavy (non-hydrogen) atoms. The first-order valence-corrected chi connectivity index (χ1v) is 8.93. The summed E-state index contributed by atoms with van der Waals surface area (Å²) < 4.78 is 5.57. The van der Waals surface area contributed by atoms with Crippen LogP contribution in [-0.2, 0) is 9.53 Å². The monoisotopic (exact) mass is 378 g/mol.